The minimum atomic E-state index is -2.77. The van der Waals surface area contributed by atoms with Crippen LogP contribution < -0.4 is 5.73 Å². The third-order valence-electron chi connectivity index (χ3n) is 9.16. The minimum absolute atomic E-state index is 0.0380. The Morgan fingerprint density at radius 2 is 1.74 bits per heavy atom. The average molecular weight is 577 g/mol. The number of phenolic OH excluding ortho intramolecular Hbond substituents is 1. The number of fused-ring (bicyclic) bond motifs is 3. The van der Waals surface area contributed by atoms with Crippen LogP contribution in [-0.4, -0.2) is 75.7 Å². The number of carbonyl (C=O) groups excluding carboxylic acids is 6. The summed E-state index contributed by atoms with van der Waals surface area (Å²) in [5.41, 5.74) is 4.54. The molecule has 1 aromatic rings. The van der Waals surface area contributed by atoms with E-state index in [9.17, 15) is 39.0 Å². The van der Waals surface area contributed by atoms with Crippen molar-refractivity contribution in [3.63, 3.8) is 0 Å². The molecule has 3 unspecified atom stereocenters. The summed E-state index contributed by atoms with van der Waals surface area (Å²) >= 11 is 0. The van der Waals surface area contributed by atoms with E-state index in [1.54, 1.807) is 20.2 Å². The molecule has 0 saturated heterocycles. The molecular weight excluding hydrogens is 540 g/mol. The Labute approximate surface area is 243 Å². The summed E-state index contributed by atoms with van der Waals surface area (Å²) in [5, 5.41) is 22.6. The van der Waals surface area contributed by atoms with Crippen molar-refractivity contribution in [1.82, 2.24) is 4.90 Å². The summed E-state index contributed by atoms with van der Waals surface area (Å²) in [4.78, 5) is 81.5. The molecule has 4 aliphatic carbocycles. The molecule has 0 spiro atoms. The summed E-state index contributed by atoms with van der Waals surface area (Å²) in [6.45, 7) is 5.92. The quantitative estimate of drug-likeness (QED) is 0.440. The van der Waals surface area contributed by atoms with E-state index in [1.165, 1.54) is 11.0 Å². The number of carbonyl (C=O) groups is 6. The standard InChI is InChI=1S/C32H36N2O8/c1-31(2,3)13-21(36)17-8-6-7-15(17)16-9-10-20(35)23-18(16)11-14-12-19-25(34(4)5)27(38)24(30(33)41)29(40)32(19,42)28(39)22(14)26(23)37/h7-10,14,19,22,24-25,35,42H,6,11-13H2,1-5H3,(H2,33,41)/t14-,19-,22?,24?,25?,32-/m1/s1. The van der Waals surface area contributed by atoms with Crippen LogP contribution in [0.5, 0.6) is 5.75 Å². The summed E-state index contributed by atoms with van der Waals surface area (Å²) in [6.07, 6.45) is 4.68. The van der Waals surface area contributed by atoms with Gasteiger partial charge in [-0.15, -0.1) is 0 Å². The molecule has 4 aliphatic rings. The Hall–Kier alpha value is -3.76. The van der Waals surface area contributed by atoms with E-state index in [4.69, 9.17) is 5.73 Å². The Kier molecular flexibility index (Phi) is 7.02. The fourth-order valence-corrected chi connectivity index (χ4v) is 7.47. The summed E-state index contributed by atoms with van der Waals surface area (Å²) in [7, 11) is 3.08. The highest BCUT2D eigenvalue weighted by atomic mass is 16.3. The van der Waals surface area contributed by atoms with Crippen LogP contribution in [0.3, 0.4) is 0 Å². The smallest absolute Gasteiger partial charge is 0.235 e. The Morgan fingerprint density at radius 3 is 2.33 bits per heavy atom. The number of nitrogens with two attached hydrogens (primary N) is 1. The van der Waals surface area contributed by atoms with Crippen molar-refractivity contribution in [3.05, 3.63) is 46.5 Å². The number of amides is 1. The van der Waals surface area contributed by atoms with E-state index in [-0.39, 0.29) is 35.4 Å². The van der Waals surface area contributed by atoms with Gasteiger partial charge in [-0.05, 0) is 67.5 Å². The summed E-state index contributed by atoms with van der Waals surface area (Å²) in [6, 6.07) is 1.83. The van der Waals surface area contributed by atoms with Gasteiger partial charge in [0.05, 0.1) is 17.5 Å². The lowest BCUT2D eigenvalue weighted by atomic mass is 9.52. The van der Waals surface area contributed by atoms with Crippen LogP contribution in [0, 0.1) is 29.1 Å². The van der Waals surface area contributed by atoms with E-state index in [2.05, 4.69) is 0 Å². The maximum absolute atomic E-state index is 14.0. The molecule has 6 atom stereocenters. The first-order valence-corrected chi connectivity index (χ1v) is 14.1. The van der Waals surface area contributed by atoms with Gasteiger partial charge in [-0.25, -0.2) is 0 Å². The van der Waals surface area contributed by atoms with E-state index < -0.39 is 64.4 Å². The first kappa shape index (κ1) is 29.7. The van der Waals surface area contributed by atoms with Crippen molar-refractivity contribution in [3.8, 4) is 5.75 Å². The van der Waals surface area contributed by atoms with Crippen molar-refractivity contribution >= 4 is 40.4 Å². The van der Waals surface area contributed by atoms with Crippen molar-refractivity contribution in [1.29, 1.82) is 0 Å². The zero-order chi connectivity index (χ0) is 31.0. The third kappa shape index (κ3) is 4.31. The zero-order valence-corrected chi connectivity index (χ0v) is 24.4. The predicted molar refractivity (Wildman–Crippen MR) is 151 cm³/mol. The maximum Gasteiger partial charge on any atom is 0.235 e. The van der Waals surface area contributed by atoms with Crippen molar-refractivity contribution in [2.75, 3.05) is 14.1 Å². The molecule has 0 heterocycles. The van der Waals surface area contributed by atoms with Crippen molar-refractivity contribution in [2.45, 2.75) is 58.1 Å². The van der Waals surface area contributed by atoms with E-state index in [1.807, 2.05) is 32.9 Å². The van der Waals surface area contributed by atoms with Gasteiger partial charge in [0.1, 0.15) is 5.75 Å². The number of Topliss-reactive ketones (excluding diaryl/α,β-unsaturated/α-hetero) is 5. The van der Waals surface area contributed by atoms with Crippen molar-refractivity contribution < 1.29 is 39.0 Å². The second-order valence-corrected chi connectivity index (χ2v) is 13.4. The molecule has 1 aromatic carbocycles. The largest absolute Gasteiger partial charge is 0.507 e. The van der Waals surface area contributed by atoms with Crippen molar-refractivity contribution in [2.24, 2.45) is 34.8 Å². The molecule has 4 N–H and O–H groups in total. The topological polar surface area (TPSA) is 172 Å². The van der Waals surface area contributed by atoms with Crippen LogP contribution in [0.4, 0.5) is 0 Å². The molecule has 0 aromatic heterocycles. The highest BCUT2D eigenvalue weighted by molar-refractivity contribution is 6.32. The predicted octanol–water partition coefficient (Wildman–Crippen LogP) is 1.59. The third-order valence-corrected chi connectivity index (χ3v) is 9.16. The number of hydrogen-bond donors (Lipinski definition) is 3. The van der Waals surface area contributed by atoms with Gasteiger partial charge in [0, 0.05) is 17.9 Å². The highest BCUT2D eigenvalue weighted by Crippen LogP contribution is 2.52. The monoisotopic (exact) mass is 576 g/mol. The molecule has 10 heteroatoms. The summed E-state index contributed by atoms with van der Waals surface area (Å²) < 4.78 is 0. The first-order valence-electron chi connectivity index (χ1n) is 14.1. The Bertz CT molecular complexity index is 1530. The number of likely N-dealkylation sites (N-methyl/N-ethyl adjacent to an activating group) is 1. The number of aliphatic hydroxyl groups is 1. The number of ketones is 5. The van der Waals surface area contributed by atoms with Crippen LogP contribution in [0.2, 0.25) is 0 Å². The molecule has 222 valence electrons. The molecule has 2 saturated carbocycles. The number of phenols is 1. The maximum atomic E-state index is 14.0. The molecule has 2 fully saturated rings. The van der Waals surface area contributed by atoms with Gasteiger partial charge in [0.2, 0.25) is 5.91 Å². The molecule has 5 rings (SSSR count). The van der Waals surface area contributed by atoms with Gasteiger partial charge in [-0.1, -0.05) is 39.0 Å². The number of hydrogen-bond acceptors (Lipinski definition) is 9. The molecule has 10 nitrogen and oxygen atoms in total. The lowest BCUT2D eigenvalue weighted by Gasteiger charge is -2.52. The fraction of sp³-hybridized carbons (Fsp3) is 0.500. The van der Waals surface area contributed by atoms with Crippen LogP contribution in [-0.2, 0) is 30.4 Å². The Morgan fingerprint density at radius 1 is 1.07 bits per heavy atom. The van der Waals surface area contributed by atoms with Crippen LogP contribution in [0.15, 0.2) is 29.9 Å². The van der Waals surface area contributed by atoms with Crippen LogP contribution in [0.1, 0.15) is 61.5 Å². The van der Waals surface area contributed by atoms with Crippen LogP contribution in [0.25, 0.3) is 5.57 Å². The first-order chi connectivity index (χ1) is 19.5. The van der Waals surface area contributed by atoms with E-state index >= 15 is 0 Å². The second-order valence-electron chi connectivity index (χ2n) is 13.4. The lowest BCUT2D eigenvalue weighted by Crippen LogP contribution is -2.74. The summed E-state index contributed by atoms with van der Waals surface area (Å²) in [5.74, 6) is -11.0. The van der Waals surface area contributed by atoms with Gasteiger partial charge in [0.15, 0.2) is 40.4 Å². The molecular formula is C32H36N2O8. The number of benzene rings is 1. The SMILES string of the molecule is CN(C)C1C(=O)C(C(N)=O)C(=O)[C@]2(O)C(=O)C3C(=O)c4c(O)ccc(C5=CCC=C5C(=O)CC(C)(C)C)c4C[C@@H]3C[C@H]12. The molecule has 0 radical (unpaired) electrons. The van der Waals surface area contributed by atoms with Crippen LogP contribution >= 0.6 is 0 Å². The number of primary amides is 1. The van der Waals surface area contributed by atoms with Gasteiger partial charge < -0.3 is 15.9 Å². The number of nitrogens with zero attached hydrogens (tertiary/aromatic N) is 1. The Balaban J connectivity index is 1.60. The minimum Gasteiger partial charge on any atom is -0.507 e. The van der Waals surface area contributed by atoms with Gasteiger partial charge in [0.25, 0.3) is 0 Å². The number of allylic oxidation sites excluding steroid dienone is 4. The fourth-order valence-electron chi connectivity index (χ4n) is 7.47. The van der Waals surface area contributed by atoms with Gasteiger partial charge in [-0.2, -0.15) is 0 Å². The van der Waals surface area contributed by atoms with E-state index in [0.717, 1.165) is 0 Å². The number of aromatic hydroxyl groups is 1. The highest BCUT2D eigenvalue weighted by Gasteiger charge is 2.69. The van der Waals surface area contributed by atoms with E-state index in [0.29, 0.717) is 35.1 Å². The molecule has 1 amide bonds. The average Bonchev–Trinajstić information content (AvgIpc) is 3.35. The second kappa shape index (κ2) is 9.91. The van der Waals surface area contributed by atoms with Gasteiger partial charge >= 0.3 is 0 Å². The lowest BCUT2D eigenvalue weighted by molar-refractivity contribution is -0.181. The van der Waals surface area contributed by atoms with Gasteiger partial charge in [-0.3, -0.25) is 33.7 Å². The zero-order valence-electron chi connectivity index (χ0n) is 24.4. The molecule has 0 aliphatic heterocycles. The normalized spacial score (nSPS) is 30.9. The molecule has 42 heavy (non-hydrogen) atoms. The molecule has 0 bridgehead atoms. The number of rotatable bonds is 5.